The molecule has 8 heteroatoms. The van der Waals surface area contributed by atoms with Crippen molar-refractivity contribution in [2.24, 2.45) is 12.0 Å². The van der Waals surface area contributed by atoms with E-state index in [4.69, 9.17) is 16.6 Å². The largest absolute Gasteiger partial charge is 0.357 e. The first-order valence-electron chi connectivity index (χ1n) is 8.80. The Kier molecular flexibility index (Phi) is 7.97. The number of aromatic nitrogens is 3. The molecule has 0 bridgehead atoms. The van der Waals surface area contributed by atoms with Gasteiger partial charge in [-0.3, -0.25) is 4.99 Å². The molecule has 0 unspecified atom stereocenters. The van der Waals surface area contributed by atoms with Gasteiger partial charge in [0, 0.05) is 45.5 Å². The SMILES string of the molecule is CCNC(=NCCc1nc2ccccc2[nH]1)N(C)Cc1cc(Cl)cn1C.I. The quantitative estimate of drug-likeness (QED) is 0.307. The van der Waals surface area contributed by atoms with E-state index in [1.807, 2.05) is 55.2 Å². The first kappa shape index (κ1) is 21.6. The third kappa shape index (κ3) is 5.62. The highest BCUT2D eigenvalue weighted by Gasteiger charge is 2.10. The van der Waals surface area contributed by atoms with Crippen molar-refractivity contribution in [3.8, 4) is 0 Å². The molecule has 2 aromatic heterocycles. The predicted octanol–water partition coefficient (Wildman–Crippen LogP) is 3.81. The average Bonchev–Trinajstić information content (AvgIpc) is 3.16. The van der Waals surface area contributed by atoms with Gasteiger partial charge in [-0.2, -0.15) is 0 Å². The van der Waals surface area contributed by atoms with Gasteiger partial charge < -0.3 is 19.8 Å². The minimum absolute atomic E-state index is 0. The highest BCUT2D eigenvalue weighted by atomic mass is 127. The van der Waals surface area contributed by atoms with Gasteiger partial charge in [0.2, 0.25) is 0 Å². The summed E-state index contributed by atoms with van der Waals surface area (Å²) in [5.74, 6) is 1.84. The molecule has 0 aliphatic heterocycles. The second kappa shape index (κ2) is 9.98. The Balaban J connectivity index is 0.00000261. The molecule has 1 aromatic carbocycles. The fourth-order valence-corrected chi connectivity index (χ4v) is 3.17. The van der Waals surface area contributed by atoms with Crippen LogP contribution in [0.3, 0.4) is 0 Å². The van der Waals surface area contributed by atoms with Crippen LogP contribution in [0.4, 0.5) is 0 Å². The number of guanidine groups is 1. The van der Waals surface area contributed by atoms with Crippen LogP contribution in [0.5, 0.6) is 0 Å². The molecule has 0 spiro atoms. The Hall–Kier alpha value is -1.74. The van der Waals surface area contributed by atoms with Gasteiger partial charge in [-0.25, -0.2) is 4.98 Å². The zero-order valence-corrected chi connectivity index (χ0v) is 19.0. The summed E-state index contributed by atoms with van der Waals surface area (Å²) in [5, 5.41) is 4.10. The van der Waals surface area contributed by atoms with Gasteiger partial charge in [-0.05, 0) is 25.1 Å². The minimum atomic E-state index is 0. The van der Waals surface area contributed by atoms with Crippen molar-refractivity contribution in [2.45, 2.75) is 19.9 Å². The molecule has 2 heterocycles. The van der Waals surface area contributed by atoms with Gasteiger partial charge in [0.15, 0.2) is 5.96 Å². The first-order chi connectivity index (χ1) is 12.6. The summed E-state index contributed by atoms with van der Waals surface area (Å²) in [6.07, 6.45) is 2.68. The summed E-state index contributed by atoms with van der Waals surface area (Å²) in [6, 6.07) is 10.0. The van der Waals surface area contributed by atoms with E-state index in [0.29, 0.717) is 6.54 Å². The number of aryl methyl sites for hydroxylation is 1. The number of H-pyrrole nitrogens is 1. The molecule has 0 radical (unpaired) electrons. The van der Waals surface area contributed by atoms with Crippen molar-refractivity contribution in [3.05, 3.63) is 53.1 Å². The number of hydrogen-bond donors (Lipinski definition) is 2. The van der Waals surface area contributed by atoms with Crippen molar-refractivity contribution in [2.75, 3.05) is 20.1 Å². The van der Waals surface area contributed by atoms with E-state index in [-0.39, 0.29) is 24.0 Å². The summed E-state index contributed by atoms with van der Waals surface area (Å²) >= 11 is 6.08. The molecular weight excluding hydrogens is 475 g/mol. The third-order valence-electron chi connectivity index (χ3n) is 4.22. The number of benzene rings is 1. The highest BCUT2D eigenvalue weighted by molar-refractivity contribution is 14.0. The van der Waals surface area contributed by atoms with Gasteiger partial charge in [0.25, 0.3) is 0 Å². The average molecular weight is 501 g/mol. The molecule has 0 fully saturated rings. The summed E-state index contributed by atoms with van der Waals surface area (Å²) in [5.41, 5.74) is 3.20. The maximum Gasteiger partial charge on any atom is 0.194 e. The number of imidazole rings is 1. The lowest BCUT2D eigenvalue weighted by molar-refractivity contribution is 0.462. The van der Waals surface area contributed by atoms with Crippen LogP contribution >= 0.6 is 35.6 Å². The Bertz CT molecular complexity index is 868. The Morgan fingerprint density at radius 3 is 2.81 bits per heavy atom. The molecule has 3 aromatic rings. The fourth-order valence-electron chi connectivity index (χ4n) is 2.90. The fraction of sp³-hybridized carbons (Fsp3) is 0.368. The second-order valence-corrected chi connectivity index (χ2v) is 6.74. The van der Waals surface area contributed by atoms with E-state index in [1.54, 1.807) is 0 Å². The van der Waals surface area contributed by atoms with Crippen LogP contribution in [-0.4, -0.2) is 45.5 Å². The molecule has 2 N–H and O–H groups in total. The number of nitrogens with zero attached hydrogens (tertiary/aromatic N) is 4. The Morgan fingerprint density at radius 1 is 1.37 bits per heavy atom. The second-order valence-electron chi connectivity index (χ2n) is 6.30. The van der Waals surface area contributed by atoms with Gasteiger partial charge in [-0.1, -0.05) is 23.7 Å². The van der Waals surface area contributed by atoms with E-state index >= 15 is 0 Å². The Morgan fingerprint density at radius 2 is 2.15 bits per heavy atom. The third-order valence-corrected chi connectivity index (χ3v) is 4.43. The number of fused-ring (bicyclic) bond motifs is 1. The van der Waals surface area contributed by atoms with Crippen LogP contribution < -0.4 is 5.32 Å². The lowest BCUT2D eigenvalue weighted by Gasteiger charge is -2.22. The van der Waals surface area contributed by atoms with E-state index in [1.165, 1.54) is 0 Å². The number of nitrogens with one attached hydrogen (secondary N) is 2. The smallest absolute Gasteiger partial charge is 0.194 e. The van der Waals surface area contributed by atoms with Crippen LogP contribution in [0.15, 0.2) is 41.5 Å². The van der Waals surface area contributed by atoms with Crippen molar-refractivity contribution < 1.29 is 0 Å². The number of aliphatic imine (C=N–C) groups is 1. The van der Waals surface area contributed by atoms with Gasteiger partial charge >= 0.3 is 0 Å². The standard InChI is InChI=1S/C19H25ClN6.HI/c1-4-21-19(26(3)13-15-11-14(20)12-25(15)2)22-10-9-18-23-16-7-5-6-8-17(16)24-18;/h5-8,11-12H,4,9-10,13H2,1-3H3,(H,21,22)(H,23,24);1H. The van der Waals surface area contributed by atoms with Crippen molar-refractivity contribution in [1.82, 2.24) is 24.8 Å². The lowest BCUT2D eigenvalue weighted by Crippen LogP contribution is -2.39. The number of rotatable bonds is 6. The zero-order chi connectivity index (χ0) is 18.5. The molecular formula is C19H26ClIN6. The van der Waals surface area contributed by atoms with Crippen LogP contribution in [0.25, 0.3) is 11.0 Å². The van der Waals surface area contributed by atoms with E-state index in [0.717, 1.165) is 53.0 Å². The summed E-state index contributed by atoms with van der Waals surface area (Å²) in [4.78, 5) is 14.8. The summed E-state index contributed by atoms with van der Waals surface area (Å²) in [7, 11) is 4.03. The van der Waals surface area contributed by atoms with Crippen LogP contribution in [0, 0.1) is 0 Å². The maximum atomic E-state index is 6.08. The molecule has 0 amide bonds. The molecule has 6 nitrogen and oxygen atoms in total. The summed E-state index contributed by atoms with van der Waals surface area (Å²) in [6.45, 7) is 4.30. The van der Waals surface area contributed by atoms with E-state index < -0.39 is 0 Å². The van der Waals surface area contributed by atoms with E-state index in [9.17, 15) is 0 Å². The van der Waals surface area contributed by atoms with Crippen molar-refractivity contribution in [1.29, 1.82) is 0 Å². The number of hydrogen-bond acceptors (Lipinski definition) is 2. The van der Waals surface area contributed by atoms with Crippen LogP contribution in [-0.2, 0) is 20.0 Å². The molecule has 3 rings (SSSR count). The molecule has 0 saturated carbocycles. The predicted molar refractivity (Wildman–Crippen MR) is 123 cm³/mol. The molecule has 0 aliphatic rings. The number of aromatic amines is 1. The van der Waals surface area contributed by atoms with Crippen LogP contribution in [0.2, 0.25) is 5.02 Å². The molecule has 0 saturated heterocycles. The van der Waals surface area contributed by atoms with Gasteiger partial charge in [-0.15, -0.1) is 24.0 Å². The summed E-state index contributed by atoms with van der Waals surface area (Å²) < 4.78 is 2.04. The number of para-hydroxylation sites is 2. The maximum absolute atomic E-state index is 6.08. The monoisotopic (exact) mass is 500 g/mol. The topological polar surface area (TPSA) is 61.2 Å². The normalized spacial score (nSPS) is 11.5. The minimum Gasteiger partial charge on any atom is -0.357 e. The molecule has 146 valence electrons. The highest BCUT2D eigenvalue weighted by Crippen LogP contribution is 2.14. The Labute approximate surface area is 182 Å². The van der Waals surface area contributed by atoms with Crippen LogP contribution in [0.1, 0.15) is 18.4 Å². The van der Waals surface area contributed by atoms with Gasteiger partial charge in [0.1, 0.15) is 5.82 Å². The first-order valence-corrected chi connectivity index (χ1v) is 9.18. The van der Waals surface area contributed by atoms with Crippen molar-refractivity contribution in [3.63, 3.8) is 0 Å². The van der Waals surface area contributed by atoms with Crippen molar-refractivity contribution >= 4 is 52.6 Å². The number of halogens is 2. The molecule has 0 aliphatic carbocycles. The molecule has 27 heavy (non-hydrogen) atoms. The van der Waals surface area contributed by atoms with E-state index in [2.05, 4.69) is 27.1 Å². The van der Waals surface area contributed by atoms with Gasteiger partial charge in [0.05, 0.1) is 22.6 Å². The lowest BCUT2D eigenvalue weighted by atomic mass is 10.3. The molecule has 0 atom stereocenters. The zero-order valence-electron chi connectivity index (χ0n) is 15.9.